The molecule has 2 saturated heterocycles. The molecule has 140 valence electrons. The largest absolute Gasteiger partial charge is 0.334 e. The molecule has 1 unspecified atom stereocenters. The van der Waals surface area contributed by atoms with Crippen molar-refractivity contribution in [1.82, 2.24) is 10.2 Å². The van der Waals surface area contributed by atoms with Crippen LogP contribution in [-0.4, -0.2) is 57.7 Å². The molecule has 0 aliphatic carbocycles. The summed E-state index contributed by atoms with van der Waals surface area (Å²) in [4.78, 5) is 14.8. The number of carbonyl (C=O) groups is 1. The number of aryl methyl sites for hydroxylation is 1. The number of hydrogen-bond donors (Lipinski definition) is 1. The minimum absolute atomic E-state index is 0. The molecule has 2 heterocycles. The van der Waals surface area contributed by atoms with Crippen LogP contribution in [0.5, 0.6) is 0 Å². The van der Waals surface area contributed by atoms with Gasteiger partial charge in [-0.3, -0.25) is 9.10 Å². The zero-order valence-corrected chi connectivity index (χ0v) is 16.3. The molecule has 0 radical (unpaired) electrons. The van der Waals surface area contributed by atoms with Crippen molar-refractivity contribution in [2.75, 3.05) is 36.7 Å². The molecule has 0 bridgehead atoms. The summed E-state index contributed by atoms with van der Waals surface area (Å²) < 4.78 is 25.6. The van der Waals surface area contributed by atoms with E-state index in [2.05, 4.69) is 5.32 Å². The van der Waals surface area contributed by atoms with E-state index in [0.717, 1.165) is 31.5 Å². The molecule has 6 nitrogen and oxygen atoms in total. The highest BCUT2D eigenvalue weighted by Crippen LogP contribution is 2.28. The van der Waals surface area contributed by atoms with Crippen molar-refractivity contribution in [2.24, 2.45) is 0 Å². The van der Waals surface area contributed by atoms with E-state index in [1.54, 1.807) is 12.1 Å². The van der Waals surface area contributed by atoms with E-state index < -0.39 is 10.0 Å². The molecule has 1 aromatic rings. The Labute approximate surface area is 156 Å². The number of likely N-dealkylation sites (N-methyl/N-ethyl adjacent to an activating group) is 1. The van der Waals surface area contributed by atoms with Gasteiger partial charge < -0.3 is 10.2 Å². The number of halogens is 1. The Morgan fingerprint density at radius 1 is 1.28 bits per heavy atom. The molecule has 25 heavy (non-hydrogen) atoms. The number of amides is 1. The third-order valence-electron chi connectivity index (χ3n) is 4.91. The third-order valence-corrected chi connectivity index (χ3v) is 6.77. The van der Waals surface area contributed by atoms with Crippen LogP contribution in [0.3, 0.4) is 0 Å². The first kappa shape index (κ1) is 20.0. The Morgan fingerprint density at radius 2 is 2.04 bits per heavy atom. The molecule has 1 amide bonds. The smallest absolute Gasteiger partial charge is 0.254 e. The van der Waals surface area contributed by atoms with E-state index in [-0.39, 0.29) is 30.1 Å². The van der Waals surface area contributed by atoms with Crippen molar-refractivity contribution in [3.05, 3.63) is 29.3 Å². The van der Waals surface area contributed by atoms with Crippen molar-refractivity contribution in [2.45, 2.75) is 32.2 Å². The predicted molar refractivity (Wildman–Crippen MR) is 102 cm³/mol. The average molecular weight is 388 g/mol. The first-order valence-electron chi connectivity index (χ1n) is 8.50. The van der Waals surface area contributed by atoms with Crippen LogP contribution in [0.25, 0.3) is 0 Å². The second-order valence-corrected chi connectivity index (χ2v) is 8.61. The molecular formula is C17H26ClN3O3S. The second-order valence-electron chi connectivity index (χ2n) is 6.59. The molecule has 3 rings (SSSR count). The van der Waals surface area contributed by atoms with Gasteiger partial charge in [0.15, 0.2) is 0 Å². The normalized spacial score (nSPS) is 22.1. The minimum atomic E-state index is -3.19. The maximum Gasteiger partial charge on any atom is 0.254 e. The van der Waals surface area contributed by atoms with Crippen LogP contribution in [0.2, 0.25) is 0 Å². The molecule has 2 fully saturated rings. The van der Waals surface area contributed by atoms with Gasteiger partial charge in [-0.25, -0.2) is 8.42 Å². The van der Waals surface area contributed by atoms with Gasteiger partial charge in [-0.05, 0) is 57.0 Å². The summed E-state index contributed by atoms with van der Waals surface area (Å²) in [6.45, 7) is 3.98. The lowest BCUT2D eigenvalue weighted by atomic mass is 10.1. The highest BCUT2D eigenvalue weighted by Gasteiger charge is 2.31. The fourth-order valence-electron chi connectivity index (χ4n) is 3.68. The fraction of sp³-hybridized carbons (Fsp3) is 0.588. The SMILES string of the molecule is CNCC1CCCN1C(=O)c1ccc(N2CCCS2(=O)=O)cc1C.Cl. The molecule has 1 aromatic carbocycles. The van der Waals surface area contributed by atoms with Crippen LogP contribution in [0.15, 0.2) is 18.2 Å². The predicted octanol–water partition coefficient (Wildman–Crippen LogP) is 1.78. The number of likely N-dealkylation sites (tertiary alicyclic amines) is 1. The van der Waals surface area contributed by atoms with E-state index in [4.69, 9.17) is 0 Å². The van der Waals surface area contributed by atoms with Crippen LogP contribution in [0.1, 0.15) is 35.2 Å². The van der Waals surface area contributed by atoms with Gasteiger partial charge >= 0.3 is 0 Å². The van der Waals surface area contributed by atoms with E-state index >= 15 is 0 Å². The van der Waals surface area contributed by atoms with Crippen molar-refractivity contribution < 1.29 is 13.2 Å². The summed E-state index contributed by atoms with van der Waals surface area (Å²) in [5.74, 6) is 0.243. The zero-order chi connectivity index (χ0) is 17.3. The Hall–Kier alpha value is -1.31. The first-order chi connectivity index (χ1) is 11.4. The molecule has 0 spiro atoms. The maximum atomic E-state index is 12.9. The minimum Gasteiger partial charge on any atom is -0.334 e. The maximum absolute atomic E-state index is 12.9. The summed E-state index contributed by atoms with van der Waals surface area (Å²) in [5.41, 5.74) is 2.16. The summed E-state index contributed by atoms with van der Waals surface area (Å²) >= 11 is 0. The highest BCUT2D eigenvalue weighted by molar-refractivity contribution is 7.93. The number of nitrogens with one attached hydrogen (secondary N) is 1. The molecule has 8 heteroatoms. The zero-order valence-electron chi connectivity index (χ0n) is 14.7. The Bertz CT molecular complexity index is 739. The third kappa shape index (κ3) is 3.93. The summed E-state index contributed by atoms with van der Waals surface area (Å²) in [6.07, 6.45) is 2.71. The van der Waals surface area contributed by atoms with Crippen molar-refractivity contribution >= 4 is 34.0 Å². The standard InChI is InChI=1S/C17H25N3O3S.ClH/c1-13-11-14(20-9-4-10-24(20,22)23)6-7-16(13)17(21)19-8-3-5-15(19)12-18-2;/h6-7,11,15,18H,3-5,8-10,12H2,1-2H3;1H. The van der Waals surface area contributed by atoms with E-state index in [1.165, 1.54) is 4.31 Å². The number of nitrogens with zero attached hydrogens (tertiary/aromatic N) is 2. The molecule has 1 atom stereocenters. The van der Waals surface area contributed by atoms with E-state index in [9.17, 15) is 13.2 Å². The van der Waals surface area contributed by atoms with Crippen LogP contribution in [0.4, 0.5) is 5.69 Å². The average Bonchev–Trinajstić information content (AvgIpc) is 3.13. The van der Waals surface area contributed by atoms with Gasteiger partial charge in [-0.15, -0.1) is 12.4 Å². The van der Waals surface area contributed by atoms with Gasteiger partial charge in [0.2, 0.25) is 10.0 Å². The van der Waals surface area contributed by atoms with Gasteiger partial charge in [0.25, 0.3) is 5.91 Å². The molecule has 2 aliphatic heterocycles. The number of anilines is 1. The monoisotopic (exact) mass is 387 g/mol. The molecule has 1 N–H and O–H groups in total. The van der Waals surface area contributed by atoms with Crippen molar-refractivity contribution in [3.8, 4) is 0 Å². The first-order valence-corrected chi connectivity index (χ1v) is 10.1. The Morgan fingerprint density at radius 3 is 2.64 bits per heavy atom. The number of sulfonamides is 1. The number of benzene rings is 1. The van der Waals surface area contributed by atoms with Gasteiger partial charge in [0, 0.05) is 31.2 Å². The van der Waals surface area contributed by atoms with E-state index in [1.807, 2.05) is 24.9 Å². The second kappa shape index (κ2) is 7.93. The van der Waals surface area contributed by atoms with Crippen molar-refractivity contribution in [1.29, 1.82) is 0 Å². The number of carbonyl (C=O) groups excluding carboxylic acids is 1. The highest BCUT2D eigenvalue weighted by atomic mass is 35.5. The van der Waals surface area contributed by atoms with Crippen LogP contribution >= 0.6 is 12.4 Å². The van der Waals surface area contributed by atoms with Gasteiger partial charge in [0.1, 0.15) is 0 Å². The lowest BCUT2D eigenvalue weighted by Gasteiger charge is -2.26. The van der Waals surface area contributed by atoms with Crippen LogP contribution in [0, 0.1) is 6.92 Å². The molecular weight excluding hydrogens is 362 g/mol. The summed E-state index contributed by atoms with van der Waals surface area (Å²) in [6, 6.07) is 5.58. The Balaban J connectivity index is 0.00000225. The Kier molecular flexibility index (Phi) is 6.35. The lowest BCUT2D eigenvalue weighted by Crippen LogP contribution is -2.41. The van der Waals surface area contributed by atoms with E-state index in [0.29, 0.717) is 24.2 Å². The molecule has 0 aromatic heterocycles. The van der Waals surface area contributed by atoms with Crippen LogP contribution < -0.4 is 9.62 Å². The van der Waals surface area contributed by atoms with Crippen molar-refractivity contribution in [3.63, 3.8) is 0 Å². The van der Waals surface area contributed by atoms with Crippen LogP contribution in [-0.2, 0) is 10.0 Å². The number of hydrogen-bond acceptors (Lipinski definition) is 4. The fourth-order valence-corrected chi connectivity index (χ4v) is 5.23. The quantitative estimate of drug-likeness (QED) is 0.854. The number of rotatable bonds is 4. The lowest BCUT2D eigenvalue weighted by molar-refractivity contribution is 0.0736. The molecule has 2 aliphatic rings. The van der Waals surface area contributed by atoms with Gasteiger partial charge in [0.05, 0.1) is 11.4 Å². The van der Waals surface area contributed by atoms with Gasteiger partial charge in [-0.1, -0.05) is 0 Å². The van der Waals surface area contributed by atoms with Gasteiger partial charge in [-0.2, -0.15) is 0 Å². The summed E-state index contributed by atoms with van der Waals surface area (Å²) in [7, 11) is -1.29. The topological polar surface area (TPSA) is 69.7 Å². The summed E-state index contributed by atoms with van der Waals surface area (Å²) in [5, 5.41) is 3.15. The molecule has 0 saturated carbocycles.